The Labute approximate surface area is 101 Å². The van der Waals surface area contributed by atoms with Crippen LogP contribution in [0.15, 0.2) is 18.7 Å². The minimum Gasteiger partial charge on any atom is -0.454 e. The van der Waals surface area contributed by atoms with Gasteiger partial charge in [-0.3, -0.25) is 0 Å². The van der Waals surface area contributed by atoms with E-state index in [9.17, 15) is 0 Å². The molecule has 2 nitrogen and oxygen atoms in total. The molecule has 0 radical (unpaired) electrons. The van der Waals surface area contributed by atoms with E-state index in [1.165, 1.54) is 0 Å². The molecule has 0 atom stereocenters. The largest absolute Gasteiger partial charge is 0.454 e. The maximum Gasteiger partial charge on any atom is 0.231 e. The first-order chi connectivity index (χ1) is 7.58. The van der Waals surface area contributed by atoms with E-state index in [-0.39, 0.29) is 6.79 Å². The average molecular weight is 239 g/mol. The Bertz CT molecular complexity index is 424. The highest BCUT2D eigenvalue weighted by atomic mass is 35.5. The third-order valence-corrected chi connectivity index (χ3v) is 2.77. The molecule has 0 N–H and O–H groups in total. The smallest absolute Gasteiger partial charge is 0.231 e. The molecule has 0 amide bonds. The second-order valence-electron chi connectivity index (χ2n) is 4.39. The Morgan fingerprint density at radius 3 is 2.88 bits per heavy atom. The lowest BCUT2D eigenvalue weighted by atomic mass is 9.97. The summed E-state index contributed by atoms with van der Waals surface area (Å²) in [6, 6.07) is 3.83. The van der Waals surface area contributed by atoms with Crippen LogP contribution in [-0.2, 0) is 0 Å². The van der Waals surface area contributed by atoms with E-state index in [0.29, 0.717) is 22.4 Å². The zero-order valence-corrected chi connectivity index (χ0v) is 10.3. The summed E-state index contributed by atoms with van der Waals surface area (Å²) in [5.41, 5.74) is 2.11. The second kappa shape index (κ2) is 4.38. The van der Waals surface area contributed by atoms with Crippen molar-refractivity contribution in [3.05, 3.63) is 29.3 Å². The van der Waals surface area contributed by atoms with Gasteiger partial charge >= 0.3 is 0 Å². The molecule has 0 saturated carbocycles. The van der Waals surface area contributed by atoms with Crippen molar-refractivity contribution in [1.82, 2.24) is 0 Å². The van der Waals surface area contributed by atoms with Gasteiger partial charge in [-0.05, 0) is 35.6 Å². The van der Waals surface area contributed by atoms with Gasteiger partial charge in [0.2, 0.25) is 6.79 Å². The van der Waals surface area contributed by atoms with E-state index in [4.69, 9.17) is 21.1 Å². The summed E-state index contributed by atoms with van der Waals surface area (Å²) in [5.74, 6) is 1.94. The number of ether oxygens (including phenoxy) is 2. The van der Waals surface area contributed by atoms with Crippen molar-refractivity contribution in [3.8, 4) is 11.5 Å². The molecule has 86 valence electrons. The van der Waals surface area contributed by atoms with Crippen LogP contribution in [0.3, 0.4) is 0 Å². The van der Waals surface area contributed by atoms with Crippen LogP contribution in [0, 0.1) is 5.92 Å². The maximum absolute atomic E-state index is 6.11. The molecule has 0 aromatic heterocycles. The fraction of sp³-hybridized carbons (Fsp3) is 0.385. The Morgan fingerprint density at radius 1 is 1.44 bits per heavy atom. The van der Waals surface area contributed by atoms with Crippen LogP contribution in [0.2, 0.25) is 5.02 Å². The monoisotopic (exact) mass is 238 g/mol. The minimum absolute atomic E-state index is 0.245. The van der Waals surface area contributed by atoms with E-state index in [2.05, 4.69) is 20.4 Å². The van der Waals surface area contributed by atoms with Crippen molar-refractivity contribution in [2.45, 2.75) is 20.3 Å². The Morgan fingerprint density at radius 2 is 2.19 bits per heavy atom. The highest BCUT2D eigenvalue weighted by Crippen LogP contribution is 2.41. The van der Waals surface area contributed by atoms with Gasteiger partial charge in [0.05, 0.1) is 5.02 Å². The lowest BCUT2D eigenvalue weighted by Gasteiger charge is -2.10. The second-order valence-corrected chi connectivity index (χ2v) is 4.80. The van der Waals surface area contributed by atoms with Crippen LogP contribution in [-0.4, -0.2) is 6.79 Å². The van der Waals surface area contributed by atoms with Crippen molar-refractivity contribution < 1.29 is 9.47 Å². The van der Waals surface area contributed by atoms with Gasteiger partial charge in [-0.15, -0.1) is 0 Å². The maximum atomic E-state index is 6.11. The summed E-state index contributed by atoms with van der Waals surface area (Å²) in [6.45, 7) is 8.65. The molecule has 0 saturated heterocycles. The van der Waals surface area contributed by atoms with Gasteiger partial charge in [0.15, 0.2) is 11.5 Å². The predicted octanol–water partition coefficient (Wildman–Crippen LogP) is 4.13. The number of fused-ring (bicyclic) bond motifs is 1. The topological polar surface area (TPSA) is 18.5 Å². The van der Waals surface area contributed by atoms with E-state index in [1.54, 1.807) is 0 Å². The molecule has 1 aromatic rings. The van der Waals surface area contributed by atoms with E-state index in [1.807, 2.05) is 12.1 Å². The first-order valence-electron chi connectivity index (χ1n) is 5.35. The summed E-state index contributed by atoms with van der Waals surface area (Å²) in [7, 11) is 0. The quantitative estimate of drug-likeness (QED) is 0.788. The van der Waals surface area contributed by atoms with E-state index in [0.717, 1.165) is 17.6 Å². The summed E-state index contributed by atoms with van der Waals surface area (Å²) >= 11 is 6.11. The molecule has 0 fully saturated rings. The standard InChI is InChI=1S/C13H15ClO2/c1-8(2)4-9(3)10-5-11(14)13-12(6-10)15-7-16-13/h5-6,8H,3-4,7H2,1-2H3. The number of hydrogen-bond acceptors (Lipinski definition) is 2. The third-order valence-electron chi connectivity index (χ3n) is 2.49. The molecule has 0 spiro atoms. The van der Waals surface area contributed by atoms with Gasteiger partial charge in [-0.25, -0.2) is 0 Å². The molecular weight excluding hydrogens is 224 g/mol. The summed E-state index contributed by atoms with van der Waals surface area (Å²) in [4.78, 5) is 0. The van der Waals surface area contributed by atoms with Crippen molar-refractivity contribution >= 4 is 17.2 Å². The summed E-state index contributed by atoms with van der Waals surface area (Å²) < 4.78 is 10.6. The molecule has 0 bridgehead atoms. The normalized spacial score (nSPS) is 13.2. The number of benzene rings is 1. The zero-order valence-electron chi connectivity index (χ0n) is 9.55. The molecule has 0 aliphatic carbocycles. The SMILES string of the molecule is C=C(CC(C)C)c1cc(Cl)c2c(c1)OCO2. The number of halogens is 1. The average Bonchev–Trinajstić information content (AvgIpc) is 2.64. The number of rotatable bonds is 3. The van der Waals surface area contributed by atoms with Crippen LogP contribution in [0.1, 0.15) is 25.8 Å². The first kappa shape index (κ1) is 11.3. The lowest BCUT2D eigenvalue weighted by Crippen LogP contribution is -1.93. The molecule has 3 heteroatoms. The Balaban J connectivity index is 2.30. The predicted molar refractivity (Wildman–Crippen MR) is 66.1 cm³/mol. The van der Waals surface area contributed by atoms with Crippen molar-refractivity contribution in [1.29, 1.82) is 0 Å². The lowest BCUT2D eigenvalue weighted by molar-refractivity contribution is 0.174. The van der Waals surface area contributed by atoms with Gasteiger partial charge in [0, 0.05) is 0 Å². The van der Waals surface area contributed by atoms with Crippen molar-refractivity contribution in [3.63, 3.8) is 0 Å². The van der Waals surface area contributed by atoms with Gasteiger partial charge in [0.25, 0.3) is 0 Å². The molecule has 0 unspecified atom stereocenters. The van der Waals surface area contributed by atoms with Gasteiger partial charge < -0.3 is 9.47 Å². The van der Waals surface area contributed by atoms with Crippen molar-refractivity contribution in [2.24, 2.45) is 5.92 Å². The third kappa shape index (κ3) is 2.17. The van der Waals surface area contributed by atoms with Crippen molar-refractivity contribution in [2.75, 3.05) is 6.79 Å². The molecule has 1 aliphatic heterocycles. The Hall–Kier alpha value is -1.15. The number of hydrogen-bond donors (Lipinski definition) is 0. The fourth-order valence-corrected chi connectivity index (χ4v) is 2.05. The summed E-state index contributed by atoms with van der Waals surface area (Å²) in [5, 5.41) is 0.593. The molecule has 1 aromatic carbocycles. The molecule has 16 heavy (non-hydrogen) atoms. The number of allylic oxidation sites excluding steroid dienone is 1. The highest BCUT2D eigenvalue weighted by molar-refractivity contribution is 6.32. The Kier molecular flexibility index (Phi) is 3.10. The zero-order chi connectivity index (χ0) is 11.7. The fourth-order valence-electron chi connectivity index (χ4n) is 1.78. The molecule has 1 heterocycles. The molecule has 2 rings (SSSR count). The van der Waals surface area contributed by atoms with Gasteiger partial charge in [-0.2, -0.15) is 0 Å². The molecular formula is C13H15ClO2. The summed E-state index contributed by atoms with van der Waals surface area (Å²) in [6.07, 6.45) is 0.954. The minimum atomic E-state index is 0.245. The highest BCUT2D eigenvalue weighted by Gasteiger charge is 2.19. The van der Waals surface area contributed by atoms with Crippen LogP contribution < -0.4 is 9.47 Å². The van der Waals surface area contributed by atoms with Gasteiger partial charge in [0.1, 0.15) is 0 Å². The van der Waals surface area contributed by atoms with Crippen LogP contribution >= 0.6 is 11.6 Å². The van der Waals surface area contributed by atoms with Crippen LogP contribution in [0.4, 0.5) is 0 Å². The van der Waals surface area contributed by atoms with Crippen LogP contribution in [0.25, 0.3) is 5.57 Å². The van der Waals surface area contributed by atoms with Gasteiger partial charge in [-0.1, -0.05) is 32.0 Å². The van der Waals surface area contributed by atoms with E-state index >= 15 is 0 Å². The molecule has 1 aliphatic rings. The van der Waals surface area contributed by atoms with Crippen LogP contribution in [0.5, 0.6) is 11.5 Å². The van der Waals surface area contributed by atoms with E-state index < -0.39 is 0 Å². The first-order valence-corrected chi connectivity index (χ1v) is 5.73.